The van der Waals surface area contributed by atoms with Crippen LogP contribution >= 0.6 is 0 Å². The molecule has 1 aromatic rings. The molecular weight excluding hydrogens is 344 g/mol. The number of nitrogens with one attached hydrogen (secondary N) is 1. The monoisotopic (exact) mass is 374 g/mol. The van der Waals surface area contributed by atoms with Crippen molar-refractivity contribution in [3.8, 4) is 5.75 Å². The summed E-state index contributed by atoms with van der Waals surface area (Å²) >= 11 is 0. The molecule has 0 radical (unpaired) electrons. The third-order valence-corrected chi connectivity index (χ3v) is 5.65. The van der Waals surface area contributed by atoms with Crippen molar-refractivity contribution in [1.82, 2.24) is 20.0 Å². The van der Waals surface area contributed by atoms with E-state index >= 15 is 0 Å². The molecule has 2 fully saturated rings. The van der Waals surface area contributed by atoms with Gasteiger partial charge in [0.25, 0.3) is 0 Å². The Kier molecular flexibility index (Phi) is 6.34. The van der Waals surface area contributed by atoms with Crippen molar-refractivity contribution < 1.29 is 14.3 Å². The Morgan fingerprint density at radius 3 is 2.52 bits per heavy atom. The molecule has 2 unspecified atom stereocenters. The van der Waals surface area contributed by atoms with Crippen molar-refractivity contribution in [2.24, 2.45) is 0 Å². The second-order valence-electron chi connectivity index (χ2n) is 7.28. The highest BCUT2D eigenvalue weighted by atomic mass is 16.5. The van der Waals surface area contributed by atoms with Gasteiger partial charge in [-0.15, -0.1) is 0 Å². The summed E-state index contributed by atoms with van der Waals surface area (Å²) in [7, 11) is 5.32. The predicted molar refractivity (Wildman–Crippen MR) is 104 cm³/mol. The third-order valence-electron chi connectivity index (χ3n) is 5.65. The Balaban J connectivity index is 1.87. The van der Waals surface area contributed by atoms with E-state index < -0.39 is 6.04 Å². The molecule has 2 aliphatic rings. The van der Waals surface area contributed by atoms with Crippen molar-refractivity contribution in [2.45, 2.75) is 24.9 Å². The van der Waals surface area contributed by atoms with Crippen LogP contribution in [0.4, 0.5) is 0 Å². The summed E-state index contributed by atoms with van der Waals surface area (Å²) in [6, 6.07) is 6.77. The van der Waals surface area contributed by atoms with E-state index in [2.05, 4.69) is 22.2 Å². The first-order chi connectivity index (χ1) is 13.1. The standard InChI is InChI=1S/C20H30N4O3/c1-21-19(25)18(15-7-4-5-9-17(15)27-3)24-10-6-8-16(24)20(26)23-13-11-22(2)12-14-23/h4-5,7,9,16,18H,6,8,10-14H2,1-3H3,(H,21,25). The zero-order valence-electron chi connectivity index (χ0n) is 16.5. The second kappa shape index (κ2) is 8.71. The van der Waals surface area contributed by atoms with Gasteiger partial charge in [0, 0.05) is 45.3 Å². The number of nitrogens with zero attached hydrogens (tertiary/aromatic N) is 3. The van der Waals surface area contributed by atoms with Crippen molar-refractivity contribution in [1.29, 1.82) is 0 Å². The van der Waals surface area contributed by atoms with E-state index in [-0.39, 0.29) is 17.9 Å². The molecule has 0 spiro atoms. The van der Waals surface area contributed by atoms with Gasteiger partial charge >= 0.3 is 0 Å². The van der Waals surface area contributed by atoms with E-state index in [0.29, 0.717) is 5.75 Å². The maximum atomic E-state index is 13.2. The van der Waals surface area contributed by atoms with Gasteiger partial charge in [-0.3, -0.25) is 14.5 Å². The lowest BCUT2D eigenvalue weighted by molar-refractivity contribution is -0.140. The molecule has 148 valence electrons. The molecule has 2 saturated heterocycles. The van der Waals surface area contributed by atoms with Crippen LogP contribution in [0.2, 0.25) is 0 Å². The molecule has 3 rings (SSSR count). The predicted octanol–water partition coefficient (Wildman–Crippen LogP) is 0.721. The van der Waals surface area contributed by atoms with Gasteiger partial charge in [-0.05, 0) is 26.0 Å². The van der Waals surface area contributed by atoms with Crippen LogP contribution in [0.25, 0.3) is 0 Å². The van der Waals surface area contributed by atoms with E-state index in [1.165, 1.54) is 0 Å². The Morgan fingerprint density at radius 2 is 1.85 bits per heavy atom. The third kappa shape index (κ3) is 4.09. The first-order valence-corrected chi connectivity index (χ1v) is 9.64. The van der Waals surface area contributed by atoms with Gasteiger partial charge in [0.05, 0.1) is 13.2 Å². The highest BCUT2D eigenvalue weighted by molar-refractivity contribution is 5.87. The van der Waals surface area contributed by atoms with Crippen LogP contribution in [0.1, 0.15) is 24.4 Å². The zero-order chi connectivity index (χ0) is 19.4. The summed E-state index contributed by atoms with van der Waals surface area (Å²) in [5, 5.41) is 2.77. The van der Waals surface area contributed by atoms with Gasteiger partial charge < -0.3 is 19.9 Å². The van der Waals surface area contributed by atoms with Crippen LogP contribution in [-0.2, 0) is 9.59 Å². The number of likely N-dealkylation sites (tertiary alicyclic amines) is 1. The highest BCUT2D eigenvalue weighted by Gasteiger charge is 2.41. The minimum Gasteiger partial charge on any atom is -0.496 e. The number of amides is 2. The number of para-hydroxylation sites is 1. The molecule has 7 heteroatoms. The number of carbonyl (C=O) groups is 2. The SMILES string of the molecule is CNC(=O)C(c1ccccc1OC)N1CCCC1C(=O)N1CCN(C)CC1. The largest absolute Gasteiger partial charge is 0.496 e. The van der Waals surface area contributed by atoms with Gasteiger partial charge in [-0.2, -0.15) is 0 Å². The Labute approximate surface area is 161 Å². The summed E-state index contributed by atoms with van der Waals surface area (Å²) < 4.78 is 5.50. The Hall–Kier alpha value is -2.12. The fraction of sp³-hybridized carbons (Fsp3) is 0.600. The average Bonchev–Trinajstić information content (AvgIpc) is 3.17. The fourth-order valence-corrected chi connectivity index (χ4v) is 4.10. The van der Waals surface area contributed by atoms with Crippen LogP contribution in [0.5, 0.6) is 5.75 Å². The van der Waals surface area contributed by atoms with Gasteiger partial charge in [0.15, 0.2) is 0 Å². The Morgan fingerprint density at radius 1 is 1.15 bits per heavy atom. The lowest BCUT2D eigenvalue weighted by atomic mass is 10.0. The van der Waals surface area contributed by atoms with E-state index in [1.807, 2.05) is 29.2 Å². The molecule has 27 heavy (non-hydrogen) atoms. The quantitative estimate of drug-likeness (QED) is 0.823. The minimum absolute atomic E-state index is 0.113. The fourth-order valence-electron chi connectivity index (χ4n) is 4.10. The number of ether oxygens (including phenoxy) is 1. The number of piperazine rings is 1. The molecule has 0 aromatic heterocycles. The molecule has 0 bridgehead atoms. The molecule has 7 nitrogen and oxygen atoms in total. The topological polar surface area (TPSA) is 65.1 Å². The molecule has 2 heterocycles. The number of hydrogen-bond donors (Lipinski definition) is 1. The van der Waals surface area contributed by atoms with E-state index in [1.54, 1.807) is 14.2 Å². The number of carbonyl (C=O) groups excluding carboxylic acids is 2. The lowest BCUT2D eigenvalue weighted by Crippen LogP contribution is -2.54. The summed E-state index contributed by atoms with van der Waals surface area (Å²) in [6.07, 6.45) is 1.70. The maximum Gasteiger partial charge on any atom is 0.241 e. The van der Waals surface area contributed by atoms with E-state index in [0.717, 1.165) is 51.1 Å². The first kappa shape index (κ1) is 19.6. The minimum atomic E-state index is -0.532. The number of rotatable bonds is 5. The number of methoxy groups -OCH3 is 1. The average molecular weight is 374 g/mol. The lowest BCUT2D eigenvalue weighted by Gasteiger charge is -2.38. The normalized spacial score (nSPS) is 22.5. The van der Waals surface area contributed by atoms with Crippen LogP contribution in [0.15, 0.2) is 24.3 Å². The molecule has 1 aromatic carbocycles. The summed E-state index contributed by atoms with van der Waals surface area (Å²) in [6.45, 7) is 4.01. The summed E-state index contributed by atoms with van der Waals surface area (Å²) in [5.41, 5.74) is 0.803. The summed E-state index contributed by atoms with van der Waals surface area (Å²) in [4.78, 5) is 32.3. The highest BCUT2D eigenvalue weighted by Crippen LogP contribution is 2.35. The number of benzene rings is 1. The van der Waals surface area contributed by atoms with Gasteiger partial charge in [0.1, 0.15) is 11.8 Å². The molecule has 0 aliphatic carbocycles. The first-order valence-electron chi connectivity index (χ1n) is 9.64. The van der Waals surface area contributed by atoms with Crippen LogP contribution < -0.4 is 10.1 Å². The number of hydrogen-bond acceptors (Lipinski definition) is 5. The van der Waals surface area contributed by atoms with E-state index in [4.69, 9.17) is 4.74 Å². The maximum absolute atomic E-state index is 13.2. The smallest absolute Gasteiger partial charge is 0.241 e. The van der Waals surface area contributed by atoms with Crippen molar-refractivity contribution in [3.63, 3.8) is 0 Å². The van der Waals surface area contributed by atoms with Gasteiger partial charge in [0.2, 0.25) is 11.8 Å². The van der Waals surface area contributed by atoms with Gasteiger partial charge in [-0.1, -0.05) is 18.2 Å². The molecule has 2 amide bonds. The molecule has 0 saturated carbocycles. The molecule has 1 N–H and O–H groups in total. The molecule has 2 aliphatic heterocycles. The second-order valence-corrected chi connectivity index (χ2v) is 7.28. The molecular formula is C20H30N4O3. The van der Waals surface area contributed by atoms with Crippen molar-refractivity contribution in [2.75, 3.05) is 53.9 Å². The van der Waals surface area contributed by atoms with Crippen molar-refractivity contribution in [3.05, 3.63) is 29.8 Å². The number of likely N-dealkylation sites (N-methyl/N-ethyl adjacent to an activating group) is 2. The van der Waals surface area contributed by atoms with Crippen LogP contribution in [-0.4, -0.2) is 86.5 Å². The Bertz CT molecular complexity index is 673. The van der Waals surface area contributed by atoms with Crippen LogP contribution in [0, 0.1) is 0 Å². The van der Waals surface area contributed by atoms with E-state index in [9.17, 15) is 9.59 Å². The zero-order valence-corrected chi connectivity index (χ0v) is 16.5. The van der Waals surface area contributed by atoms with Gasteiger partial charge in [-0.25, -0.2) is 0 Å². The van der Waals surface area contributed by atoms with Crippen molar-refractivity contribution >= 4 is 11.8 Å². The summed E-state index contributed by atoms with van der Waals surface area (Å²) in [5.74, 6) is 0.700. The van der Waals surface area contributed by atoms with Crippen LogP contribution in [0.3, 0.4) is 0 Å². The molecule has 2 atom stereocenters.